The Bertz CT molecular complexity index is 211. The van der Waals surface area contributed by atoms with Crippen LogP contribution in [0.25, 0.3) is 0 Å². The SMILES string of the molecule is C#CCNC(=O)C1(C)CCCO1. The fourth-order valence-corrected chi connectivity index (χ4v) is 1.28. The summed E-state index contributed by atoms with van der Waals surface area (Å²) in [5.74, 6) is 2.25. The summed E-state index contributed by atoms with van der Waals surface area (Å²) in [5, 5.41) is 2.61. The number of amides is 1. The topological polar surface area (TPSA) is 38.3 Å². The van der Waals surface area contributed by atoms with Crippen LogP contribution in [-0.2, 0) is 9.53 Å². The smallest absolute Gasteiger partial charge is 0.252 e. The summed E-state index contributed by atoms with van der Waals surface area (Å²) >= 11 is 0. The van der Waals surface area contributed by atoms with Crippen LogP contribution in [0.4, 0.5) is 0 Å². The van der Waals surface area contributed by atoms with E-state index in [0.717, 1.165) is 12.8 Å². The zero-order valence-corrected chi connectivity index (χ0v) is 7.22. The standard InChI is InChI=1S/C9H13NO2/c1-3-6-10-8(11)9(2)5-4-7-12-9/h1H,4-7H2,2H3,(H,10,11). The molecule has 3 nitrogen and oxygen atoms in total. The van der Waals surface area contributed by atoms with Crippen molar-refractivity contribution in [1.29, 1.82) is 0 Å². The van der Waals surface area contributed by atoms with Crippen molar-refractivity contribution in [3.8, 4) is 12.3 Å². The van der Waals surface area contributed by atoms with Gasteiger partial charge in [0.15, 0.2) is 0 Å². The highest BCUT2D eigenvalue weighted by atomic mass is 16.5. The lowest BCUT2D eigenvalue weighted by Crippen LogP contribution is -2.44. The second kappa shape index (κ2) is 3.59. The summed E-state index contributed by atoms with van der Waals surface area (Å²) < 4.78 is 5.32. The molecule has 66 valence electrons. The lowest BCUT2D eigenvalue weighted by atomic mass is 10.0. The molecule has 1 rings (SSSR count). The first kappa shape index (κ1) is 9.08. The van der Waals surface area contributed by atoms with Crippen molar-refractivity contribution < 1.29 is 9.53 Å². The molecule has 1 fully saturated rings. The van der Waals surface area contributed by atoms with Crippen molar-refractivity contribution in [2.24, 2.45) is 0 Å². The van der Waals surface area contributed by atoms with Crippen molar-refractivity contribution in [2.45, 2.75) is 25.4 Å². The van der Waals surface area contributed by atoms with Gasteiger partial charge in [0.1, 0.15) is 5.60 Å². The second-order valence-electron chi connectivity index (χ2n) is 3.07. The van der Waals surface area contributed by atoms with Crippen LogP contribution in [0.2, 0.25) is 0 Å². The van der Waals surface area contributed by atoms with Crippen molar-refractivity contribution in [3.63, 3.8) is 0 Å². The molecule has 0 saturated carbocycles. The van der Waals surface area contributed by atoms with Crippen molar-refractivity contribution >= 4 is 5.91 Å². The summed E-state index contributed by atoms with van der Waals surface area (Å²) in [6, 6.07) is 0. The summed E-state index contributed by atoms with van der Waals surface area (Å²) in [6.07, 6.45) is 6.74. The molecule has 3 heteroatoms. The number of carbonyl (C=O) groups is 1. The first-order valence-electron chi connectivity index (χ1n) is 4.05. The van der Waals surface area contributed by atoms with Gasteiger partial charge in [-0.15, -0.1) is 6.42 Å². The molecular weight excluding hydrogens is 154 g/mol. The first-order valence-corrected chi connectivity index (χ1v) is 4.05. The minimum absolute atomic E-state index is 0.0991. The molecule has 0 bridgehead atoms. The molecule has 1 saturated heterocycles. The molecule has 0 aliphatic carbocycles. The molecule has 12 heavy (non-hydrogen) atoms. The summed E-state index contributed by atoms with van der Waals surface area (Å²) in [5.41, 5.74) is -0.642. The molecule has 0 aromatic rings. The van der Waals surface area contributed by atoms with Gasteiger partial charge in [-0.05, 0) is 19.8 Å². The van der Waals surface area contributed by atoms with E-state index in [4.69, 9.17) is 11.2 Å². The Hall–Kier alpha value is -1.01. The number of nitrogens with one attached hydrogen (secondary N) is 1. The van der Waals surface area contributed by atoms with Crippen LogP contribution in [0.1, 0.15) is 19.8 Å². The number of carbonyl (C=O) groups excluding carboxylic acids is 1. The maximum Gasteiger partial charge on any atom is 0.252 e. The second-order valence-corrected chi connectivity index (χ2v) is 3.07. The Morgan fingerprint density at radius 1 is 1.83 bits per heavy atom. The first-order chi connectivity index (χ1) is 5.69. The minimum atomic E-state index is -0.642. The van der Waals surface area contributed by atoms with E-state index in [1.54, 1.807) is 6.92 Å². The van der Waals surface area contributed by atoms with E-state index < -0.39 is 5.60 Å². The highest BCUT2D eigenvalue weighted by molar-refractivity contribution is 5.85. The molecule has 0 spiro atoms. The van der Waals surface area contributed by atoms with Gasteiger partial charge in [-0.2, -0.15) is 0 Å². The Morgan fingerprint density at radius 2 is 2.58 bits per heavy atom. The fourth-order valence-electron chi connectivity index (χ4n) is 1.28. The van der Waals surface area contributed by atoms with Crippen molar-refractivity contribution in [3.05, 3.63) is 0 Å². The van der Waals surface area contributed by atoms with E-state index in [-0.39, 0.29) is 12.5 Å². The average Bonchev–Trinajstić information content (AvgIpc) is 2.49. The monoisotopic (exact) mass is 167 g/mol. The average molecular weight is 167 g/mol. The quantitative estimate of drug-likeness (QED) is 0.601. The molecule has 1 atom stereocenters. The normalized spacial score (nSPS) is 28.0. The lowest BCUT2D eigenvalue weighted by molar-refractivity contribution is -0.139. The van der Waals surface area contributed by atoms with E-state index in [0.29, 0.717) is 6.61 Å². The van der Waals surface area contributed by atoms with Gasteiger partial charge < -0.3 is 10.1 Å². The highest BCUT2D eigenvalue weighted by Crippen LogP contribution is 2.24. The maximum absolute atomic E-state index is 11.4. The summed E-state index contributed by atoms with van der Waals surface area (Å²) in [7, 11) is 0. The zero-order chi connectivity index (χ0) is 9.03. The molecule has 1 amide bonds. The van der Waals surface area contributed by atoms with Crippen LogP contribution in [0.15, 0.2) is 0 Å². The van der Waals surface area contributed by atoms with Gasteiger partial charge in [-0.1, -0.05) is 5.92 Å². The Balaban J connectivity index is 2.45. The van der Waals surface area contributed by atoms with Crippen LogP contribution in [-0.4, -0.2) is 24.7 Å². The number of ether oxygens (including phenoxy) is 1. The molecule has 0 aromatic heterocycles. The van der Waals surface area contributed by atoms with Crippen LogP contribution in [0, 0.1) is 12.3 Å². The summed E-state index contributed by atoms with van der Waals surface area (Å²) in [6.45, 7) is 2.74. The molecule has 0 radical (unpaired) electrons. The maximum atomic E-state index is 11.4. The third-order valence-electron chi connectivity index (χ3n) is 2.05. The molecule has 1 aliphatic heterocycles. The Labute approximate surface area is 72.5 Å². The van der Waals surface area contributed by atoms with Crippen LogP contribution < -0.4 is 5.32 Å². The fraction of sp³-hybridized carbons (Fsp3) is 0.667. The number of terminal acetylenes is 1. The molecule has 1 aliphatic rings. The number of hydrogen-bond acceptors (Lipinski definition) is 2. The highest BCUT2D eigenvalue weighted by Gasteiger charge is 2.37. The Morgan fingerprint density at radius 3 is 3.08 bits per heavy atom. The molecule has 1 heterocycles. The van der Waals surface area contributed by atoms with Gasteiger partial charge in [0.2, 0.25) is 0 Å². The van der Waals surface area contributed by atoms with Crippen LogP contribution in [0.5, 0.6) is 0 Å². The zero-order valence-electron chi connectivity index (χ0n) is 7.22. The van der Waals surface area contributed by atoms with E-state index in [1.165, 1.54) is 0 Å². The Kier molecular flexibility index (Phi) is 2.72. The van der Waals surface area contributed by atoms with E-state index in [9.17, 15) is 4.79 Å². The summed E-state index contributed by atoms with van der Waals surface area (Å²) in [4.78, 5) is 11.4. The van der Waals surface area contributed by atoms with E-state index in [2.05, 4.69) is 11.2 Å². The predicted molar refractivity (Wildman–Crippen MR) is 45.4 cm³/mol. The third kappa shape index (κ3) is 1.77. The molecule has 0 aromatic carbocycles. The van der Waals surface area contributed by atoms with Gasteiger partial charge in [0, 0.05) is 6.61 Å². The van der Waals surface area contributed by atoms with Crippen molar-refractivity contribution in [2.75, 3.05) is 13.2 Å². The number of hydrogen-bond donors (Lipinski definition) is 1. The van der Waals surface area contributed by atoms with Gasteiger partial charge in [0.05, 0.1) is 6.54 Å². The van der Waals surface area contributed by atoms with Crippen LogP contribution in [0.3, 0.4) is 0 Å². The van der Waals surface area contributed by atoms with Gasteiger partial charge in [-0.25, -0.2) is 0 Å². The largest absolute Gasteiger partial charge is 0.365 e. The van der Waals surface area contributed by atoms with Crippen LogP contribution >= 0.6 is 0 Å². The predicted octanol–water partition coefficient (Wildman–Crippen LogP) is 0.305. The van der Waals surface area contributed by atoms with Gasteiger partial charge in [0.25, 0.3) is 5.91 Å². The molecule has 1 unspecified atom stereocenters. The molecule has 1 N–H and O–H groups in total. The third-order valence-corrected chi connectivity index (χ3v) is 2.05. The lowest BCUT2D eigenvalue weighted by Gasteiger charge is -2.20. The van der Waals surface area contributed by atoms with Gasteiger partial charge >= 0.3 is 0 Å². The van der Waals surface area contributed by atoms with E-state index >= 15 is 0 Å². The van der Waals surface area contributed by atoms with Crippen molar-refractivity contribution in [1.82, 2.24) is 5.32 Å². The van der Waals surface area contributed by atoms with Gasteiger partial charge in [-0.3, -0.25) is 4.79 Å². The van der Waals surface area contributed by atoms with E-state index in [1.807, 2.05) is 0 Å². The molecular formula is C9H13NO2. The minimum Gasteiger partial charge on any atom is -0.365 e. The number of rotatable bonds is 2.